The highest BCUT2D eigenvalue weighted by atomic mass is 16.6. The predicted molar refractivity (Wildman–Crippen MR) is 119 cm³/mol. The lowest BCUT2D eigenvalue weighted by molar-refractivity contribution is -0.145. The highest BCUT2D eigenvalue weighted by Crippen LogP contribution is 2.41. The van der Waals surface area contributed by atoms with Gasteiger partial charge in [0.25, 0.3) is 0 Å². The van der Waals surface area contributed by atoms with E-state index in [1.54, 1.807) is 4.90 Å². The van der Waals surface area contributed by atoms with Gasteiger partial charge in [0.2, 0.25) is 0 Å². The number of aliphatic carboxylic acids is 1. The lowest BCUT2D eigenvalue weighted by Gasteiger charge is -2.35. The van der Waals surface area contributed by atoms with Crippen molar-refractivity contribution in [2.45, 2.75) is 96.6 Å². The number of carboxylic acids is 1. The molecule has 1 aromatic carbocycles. The summed E-state index contributed by atoms with van der Waals surface area (Å²) in [5.41, 5.74) is -0.328. The zero-order chi connectivity index (χ0) is 22.8. The SMILES string of the molecule is CC(C)(C)OC(=O)N1[C@H](Cc2ccccc2)[C@@H](CC2CCCC[C@@H]2C(=O)O)OC1(C)C. The molecule has 4 atom stereocenters. The molecule has 2 aliphatic rings. The van der Waals surface area contributed by atoms with Crippen molar-refractivity contribution in [2.24, 2.45) is 11.8 Å². The molecule has 3 rings (SSSR count). The van der Waals surface area contributed by atoms with Gasteiger partial charge in [-0.2, -0.15) is 0 Å². The van der Waals surface area contributed by atoms with Crippen molar-refractivity contribution in [2.75, 3.05) is 0 Å². The number of amides is 1. The van der Waals surface area contributed by atoms with Crippen LogP contribution in [0.1, 0.15) is 72.3 Å². The first-order valence-electron chi connectivity index (χ1n) is 11.4. The van der Waals surface area contributed by atoms with Gasteiger partial charge in [0.1, 0.15) is 11.3 Å². The summed E-state index contributed by atoms with van der Waals surface area (Å²) in [5, 5.41) is 9.73. The van der Waals surface area contributed by atoms with Gasteiger partial charge >= 0.3 is 12.1 Å². The van der Waals surface area contributed by atoms with Crippen LogP contribution in [-0.4, -0.2) is 45.5 Å². The molecule has 0 bridgehead atoms. The van der Waals surface area contributed by atoms with Crippen LogP contribution in [0.5, 0.6) is 0 Å². The first kappa shape index (κ1) is 23.6. The molecule has 2 fully saturated rings. The van der Waals surface area contributed by atoms with Crippen LogP contribution in [0.15, 0.2) is 30.3 Å². The van der Waals surface area contributed by atoms with E-state index in [0.717, 1.165) is 31.2 Å². The maximum atomic E-state index is 13.2. The number of nitrogens with zero attached hydrogens (tertiary/aromatic N) is 1. The topological polar surface area (TPSA) is 76.1 Å². The number of carbonyl (C=O) groups excluding carboxylic acids is 1. The van der Waals surface area contributed by atoms with Crippen molar-refractivity contribution in [1.29, 1.82) is 0 Å². The van der Waals surface area contributed by atoms with Gasteiger partial charge in [-0.25, -0.2) is 4.79 Å². The van der Waals surface area contributed by atoms with Crippen molar-refractivity contribution >= 4 is 12.1 Å². The molecule has 1 aliphatic heterocycles. The van der Waals surface area contributed by atoms with Crippen LogP contribution in [0.25, 0.3) is 0 Å². The third-order valence-corrected chi connectivity index (χ3v) is 6.42. The summed E-state index contributed by atoms with van der Waals surface area (Å²) in [7, 11) is 0. The van der Waals surface area contributed by atoms with E-state index < -0.39 is 17.3 Å². The summed E-state index contributed by atoms with van der Waals surface area (Å²) in [5.74, 6) is -0.997. The number of benzene rings is 1. The molecular weight excluding hydrogens is 394 g/mol. The van der Waals surface area contributed by atoms with Crippen molar-refractivity contribution < 1.29 is 24.2 Å². The Bertz CT molecular complexity index is 770. The molecule has 1 saturated carbocycles. The van der Waals surface area contributed by atoms with Crippen LogP contribution in [0.2, 0.25) is 0 Å². The number of ether oxygens (including phenoxy) is 2. The first-order valence-corrected chi connectivity index (χ1v) is 11.4. The fraction of sp³-hybridized carbons (Fsp3) is 0.680. The Morgan fingerprint density at radius 3 is 2.42 bits per heavy atom. The fourth-order valence-corrected chi connectivity index (χ4v) is 5.13. The second-order valence-corrected chi connectivity index (χ2v) is 10.4. The van der Waals surface area contributed by atoms with Crippen LogP contribution in [0.4, 0.5) is 4.79 Å². The van der Waals surface area contributed by atoms with Gasteiger partial charge in [0.15, 0.2) is 0 Å². The number of hydrogen-bond acceptors (Lipinski definition) is 4. The number of hydrogen-bond donors (Lipinski definition) is 1. The standard InChI is InChI=1S/C25H37NO5/c1-24(2,3)31-23(29)26-20(15-17-11-7-6-8-12-17)21(30-25(26,4)5)16-18-13-9-10-14-19(18)22(27)28/h6-8,11-12,18-21H,9-10,13-16H2,1-5H3,(H,27,28)/t18?,19-,20+,21+/m0/s1. The quantitative estimate of drug-likeness (QED) is 0.689. The van der Waals surface area contributed by atoms with Gasteiger partial charge in [-0.3, -0.25) is 9.69 Å². The van der Waals surface area contributed by atoms with E-state index >= 15 is 0 Å². The summed E-state index contributed by atoms with van der Waals surface area (Å²) in [6, 6.07) is 9.84. The van der Waals surface area contributed by atoms with Gasteiger partial charge in [-0.05, 0) is 71.8 Å². The molecular formula is C25H37NO5. The largest absolute Gasteiger partial charge is 0.481 e. The maximum absolute atomic E-state index is 13.2. The first-order chi connectivity index (χ1) is 14.5. The molecule has 0 radical (unpaired) electrons. The molecule has 1 N–H and O–H groups in total. The van der Waals surface area contributed by atoms with E-state index in [-0.39, 0.29) is 30.1 Å². The summed E-state index contributed by atoms with van der Waals surface area (Å²) in [4.78, 5) is 26.8. The molecule has 31 heavy (non-hydrogen) atoms. The van der Waals surface area contributed by atoms with Crippen LogP contribution in [-0.2, 0) is 20.7 Å². The molecule has 1 amide bonds. The van der Waals surface area contributed by atoms with Crippen molar-refractivity contribution in [1.82, 2.24) is 4.90 Å². The third kappa shape index (κ3) is 5.79. The van der Waals surface area contributed by atoms with Gasteiger partial charge < -0.3 is 14.6 Å². The van der Waals surface area contributed by atoms with Crippen molar-refractivity contribution in [3.63, 3.8) is 0 Å². The van der Waals surface area contributed by atoms with Crippen LogP contribution in [0, 0.1) is 11.8 Å². The average Bonchev–Trinajstić information content (AvgIpc) is 2.91. The lowest BCUT2D eigenvalue weighted by atomic mass is 9.75. The van der Waals surface area contributed by atoms with Crippen molar-refractivity contribution in [3.8, 4) is 0 Å². The minimum Gasteiger partial charge on any atom is -0.481 e. The average molecular weight is 432 g/mol. The monoisotopic (exact) mass is 431 g/mol. The maximum Gasteiger partial charge on any atom is 0.412 e. The van der Waals surface area contributed by atoms with Gasteiger partial charge in [-0.1, -0.05) is 43.2 Å². The highest BCUT2D eigenvalue weighted by Gasteiger charge is 2.52. The second-order valence-electron chi connectivity index (χ2n) is 10.4. The molecule has 1 aromatic rings. The minimum atomic E-state index is -0.833. The van der Waals surface area contributed by atoms with Crippen LogP contribution in [0.3, 0.4) is 0 Å². The zero-order valence-electron chi connectivity index (χ0n) is 19.5. The molecule has 6 nitrogen and oxygen atoms in total. The Morgan fingerprint density at radius 2 is 1.81 bits per heavy atom. The molecule has 6 heteroatoms. The lowest BCUT2D eigenvalue weighted by Crippen LogP contribution is -2.51. The Balaban J connectivity index is 1.89. The Hall–Kier alpha value is -2.08. The van der Waals surface area contributed by atoms with Gasteiger partial charge in [-0.15, -0.1) is 0 Å². The van der Waals surface area contributed by atoms with Gasteiger partial charge in [0, 0.05) is 0 Å². The number of carboxylic acid groups (broad SMARTS) is 1. The van der Waals surface area contributed by atoms with Crippen LogP contribution >= 0.6 is 0 Å². The molecule has 1 unspecified atom stereocenters. The molecule has 172 valence electrons. The Labute approximate surface area is 185 Å². The van der Waals surface area contributed by atoms with Gasteiger partial charge in [0.05, 0.1) is 18.1 Å². The summed E-state index contributed by atoms with van der Waals surface area (Å²) in [6.07, 6.45) is 4.26. The second kappa shape index (κ2) is 9.19. The molecule has 0 aromatic heterocycles. The summed E-state index contributed by atoms with van der Waals surface area (Å²) in [6.45, 7) is 9.36. The van der Waals surface area contributed by atoms with E-state index in [9.17, 15) is 14.7 Å². The zero-order valence-corrected chi connectivity index (χ0v) is 19.5. The Kier molecular flexibility index (Phi) is 6.99. The van der Waals surface area contributed by atoms with E-state index in [0.29, 0.717) is 12.8 Å². The van der Waals surface area contributed by atoms with E-state index in [4.69, 9.17) is 9.47 Å². The fourth-order valence-electron chi connectivity index (χ4n) is 5.13. The van der Waals surface area contributed by atoms with Crippen LogP contribution < -0.4 is 0 Å². The van der Waals surface area contributed by atoms with Crippen molar-refractivity contribution in [3.05, 3.63) is 35.9 Å². The normalized spacial score (nSPS) is 28.4. The van der Waals surface area contributed by atoms with E-state index in [2.05, 4.69) is 12.1 Å². The Morgan fingerprint density at radius 1 is 1.16 bits per heavy atom. The smallest absolute Gasteiger partial charge is 0.412 e. The number of rotatable bonds is 5. The molecule has 0 spiro atoms. The molecule has 1 heterocycles. The third-order valence-electron chi connectivity index (χ3n) is 6.42. The van der Waals surface area contributed by atoms with E-state index in [1.807, 2.05) is 52.8 Å². The number of carbonyl (C=O) groups is 2. The highest BCUT2D eigenvalue weighted by molar-refractivity contribution is 5.71. The molecule has 1 saturated heterocycles. The summed E-state index contributed by atoms with van der Waals surface area (Å²) >= 11 is 0. The minimum absolute atomic E-state index is 0.0592. The van der Waals surface area contributed by atoms with E-state index in [1.165, 1.54) is 0 Å². The summed E-state index contributed by atoms with van der Waals surface area (Å²) < 4.78 is 12.2. The molecule has 1 aliphatic carbocycles. The predicted octanol–water partition coefficient (Wildman–Crippen LogP) is 5.25.